The number of fused-ring (bicyclic) bond motifs is 1. The molecule has 1 amide bonds. The molecule has 132 valence electrons. The normalized spacial score (nSPS) is 14.7. The zero-order valence-corrected chi connectivity index (χ0v) is 15.2. The Hall–Kier alpha value is -2.11. The minimum Gasteiger partial charge on any atom is -0.481 e. The van der Waals surface area contributed by atoms with Crippen LogP contribution in [0.1, 0.15) is 25.5 Å². The minimum atomic E-state index is -0.686. The van der Waals surface area contributed by atoms with E-state index in [1.54, 1.807) is 25.1 Å². The molecule has 1 aliphatic heterocycles. The third kappa shape index (κ3) is 4.11. The lowest BCUT2D eigenvalue weighted by Gasteiger charge is -2.19. The van der Waals surface area contributed by atoms with E-state index in [-0.39, 0.29) is 18.7 Å². The van der Waals surface area contributed by atoms with Gasteiger partial charge in [0.15, 0.2) is 17.6 Å². The Morgan fingerprint density at radius 1 is 1.08 bits per heavy atom. The molecule has 1 N–H and O–H groups in total. The molecular formula is C18H17Cl2NO4. The van der Waals surface area contributed by atoms with Gasteiger partial charge in [0.1, 0.15) is 5.75 Å². The second kappa shape index (κ2) is 7.42. The number of nitrogens with one attached hydrogen (secondary N) is 1. The second-order valence-electron chi connectivity index (χ2n) is 5.68. The third-order valence-electron chi connectivity index (χ3n) is 3.83. The van der Waals surface area contributed by atoms with Gasteiger partial charge in [-0.2, -0.15) is 0 Å². The van der Waals surface area contributed by atoms with Crippen molar-refractivity contribution in [1.29, 1.82) is 0 Å². The number of hydrogen-bond acceptors (Lipinski definition) is 4. The summed E-state index contributed by atoms with van der Waals surface area (Å²) in [5, 5.41) is 3.72. The lowest BCUT2D eigenvalue weighted by atomic mass is 10.1. The summed E-state index contributed by atoms with van der Waals surface area (Å²) >= 11 is 11.8. The number of amides is 1. The summed E-state index contributed by atoms with van der Waals surface area (Å²) in [6.45, 7) is 3.78. The van der Waals surface area contributed by atoms with Crippen LogP contribution < -0.4 is 19.5 Å². The van der Waals surface area contributed by atoms with E-state index in [9.17, 15) is 4.79 Å². The van der Waals surface area contributed by atoms with Gasteiger partial charge >= 0.3 is 0 Å². The van der Waals surface area contributed by atoms with Crippen molar-refractivity contribution in [2.24, 2.45) is 0 Å². The molecule has 0 aliphatic carbocycles. The molecule has 1 heterocycles. The molecule has 2 unspecified atom stereocenters. The Balaban J connectivity index is 1.61. The molecule has 0 bridgehead atoms. The monoisotopic (exact) mass is 381 g/mol. The average molecular weight is 382 g/mol. The Kier molecular flexibility index (Phi) is 5.25. The van der Waals surface area contributed by atoms with Crippen LogP contribution in [0, 0.1) is 0 Å². The second-order valence-corrected chi connectivity index (χ2v) is 6.49. The van der Waals surface area contributed by atoms with Crippen LogP contribution in [-0.2, 0) is 4.79 Å². The van der Waals surface area contributed by atoms with Gasteiger partial charge < -0.3 is 19.5 Å². The molecule has 2 aromatic carbocycles. The molecule has 0 saturated carbocycles. The highest BCUT2D eigenvalue weighted by atomic mass is 35.5. The Labute approximate surface area is 155 Å². The first-order valence-electron chi connectivity index (χ1n) is 7.75. The van der Waals surface area contributed by atoms with Crippen molar-refractivity contribution in [1.82, 2.24) is 5.32 Å². The van der Waals surface area contributed by atoms with Gasteiger partial charge in [0.05, 0.1) is 16.1 Å². The predicted molar refractivity (Wildman–Crippen MR) is 95.7 cm³/mol. The van der Waals surface area contributed by atoms with Crippen LogP contribution >= 0.6 is 23.2 Å². The van der Waals surface area contributed by atoms with E-state index in [1.807, 2.05) is 25.1 Å². The number of carbonyl (C=O) groups excluding carboxylic acids is 1. The lowest BCUT2D eigenvalue weighted by molar-refractivity contribution is -0.127. The molecule has 5 nitrogen and oxygen atoms in total. The van der Waals surface area contributed by atoms with E-state index in [0.717, 1.165) is 5.56 Å². The van der Waals surface area contributed by atoms with E-state index >= 15 is 0 Å². The molecule has 0 saturated heterocycles. The standard InChI is InChI=1S/C18H17Cl2NO4/c1-10(12-3-6-16-17(7-12)24-9-23-16)21-18(22)11(2)25-13-4-5-14(19)15(20)8-13/h3-8,10-11H,9H2,1-2H3,(H,21,22). The highest BCUT2D eigenvalue weighted by Crippen LogP contribution is 2.34. The maximum atomic E-state index is 12.4. The molecular weight excluding hydrogens is 365 g/mol. The lowest BCUT2D eigenvalue weighted by Crippen LogP contribution is -2.37. The Morgan fingerprint density at radius 2 is 1.84 bits per heavy atom. The van der Waals surface area contributed by atoms with Crippen molar-refractivity contribution in [3.05, 3.63) is 52.0 Å². The zero-order valence-electron chi connectivity index (χ0n) is 13.7. The zero-order chi connectivity index (χ0) is 18.0. The SMILES string of the molecule is CC(Oc1ccc(Cl)c(Cl)c1)C(=O)NC(C)c1ccc2c(c1)OCO2. The molecule has 0 radical (unpaired) electrons. The third-order valence-corrected chi connectivity index (χ3v) is 4.57. The summed E-state index contributed by atoms with van der Waals surface area (Å²) in [6, 6.07) is 10.2. The smallest absolute Gasteiger partial charge is 0.261 e. The van der Waals surface area contributed by atoms with Crippen LogP contribution in [0.2, 0.25) is 10.0 Å². The van der Waals surface area contributed by atoms with Crippen molar-refractivity contribution >= 4 is 29.1 Å². The number of carbonyl (C=O) groups is 1. The van der Waals surface area contributed by atoms with Crippen LogP contribution in [0.3, 0.4) is 0 Å². The molecule has 25 heavy (non-hydrogen) atoms. The average Bonchev–Trinajstić information content (AvgIpc) is 3.05. The number of benzene rings is 2. The first kappa shape index (κ1) is 17.7. The first-order chi connectivity index (χ1) is 11.9. The van der Waals surface area contributed by atoms with Crippen LogP contribution in [0.5, 0.6) is 17.2 Å². The molecule has 3 rings (SSSR count). The van der Waals surface area contributed by atoms with Crippen LogP contribution in [0.25, 0.3) is 0 Å². The first-order valence-corrected chi connectivity index (χ1v) is 8.51. The summed E-state index contributed by atoms with van der Waals surface area (Å²) in [5.74, 6) is 1.63. The number of ether oxygens (including phenoxy) is 3. The molecule has 0 fully saturated rings. The quantitative estimate of drug-likeness (QED) is 0.835. The fraction of sp³-hybridized carbons (Fsp3) is 0.278. The fourth-order valence-corrected chi connectivity index (χ4v) is 2.69. The number of halogens is 2. The fourth-order valence-electron chi connectivity index (χ4n) is 2.40. The summed E-state index contributed by atoms with van der Waals surface area (Å²) < 4.78 is 16.3. The highest BCUT2D eigenvalue weighted by molar-refractivity contribution is 6.42. The summed E-state index contributed by atoms with van der Waals surface area (Å²) in [7, 11) is 0. The van der Waals surface area contributed by atoms with Crippen molar-refractivity contribution < 1.29 is 19.0 Å². The van der Waals surface area contributed by atoms with Crippen LogP contribution in [-0.4, -0.2) is 18.8 Å². The van der Waals surface area contributed by atoms with Gasteiger partial charge in [-0.3, -0.25) is 4.79 Å². The number of hydrogen-bond donors (Lipinski definition) is 1. The van der Waals surface area contributed by atoms with Crippen LogP contribution in [0.4, 0.5) is 0 Å². The molecule has 0 aromatic heterocycles. The topological polar surface area (TPSA) is 56.8 Å². The van der Waals surface area contributed by atoms with Gasteiger partial charge in [-0.15, -0.1) is 0 Å². The predicted octanol–water partition coefficient (Wildman–Crippen LogP) is 4.37. The van der Waals surface area contributed by atoms with E-state index in [0.29, 0.717) is 27.3 Å². The van der Waals surface area contributed by atoms with Gasteiger partial charge in [0.2, 0.25) is 6.79 Å². The van der Waals surface area contributed by atoms with E-state index < -0.39 is 6.10 Å². The summed E-state index contributed by atoms with van der Waals surface area (Å²) in [5.41, 5.74) is 0.916. The van der Waals surface area contributed by atoms with Gasteiger partial charge in [-0.05, 0) is 43.7 Å². The van der Waals surface area contributed by atoms with E-state index in [2.05, 4.69) is 5.32 Å². The summed E-state index contributed by atoms with van der Waals surface area (Å²) in [4.78, 5) is 12.4. The van der Waals surface area contributed by atoms with E-state index in [4.69, 9.17) is 37.4 Å². The van der Waals surface area contributed by atoms with Crippen molar-refractivity contribution in [2.45, 2.75) is 26.0 Å². The van der Waals surface area contributed by atoms with Crippen molar-refractivity contribution in [2.75, 3.05) is 6.79 Å². The largest absolute Gasteiger partial charge is 0.481 e. The van der Waals surface area contributed by atoms with E-state index in [1.165, 1.54) is 0 Å². The molecule has 0 spiro atoms. The van der Waals surface area contributed by atoms with Gasteiger partial charge in [-0.1, -0.05) is 29.3 Å². The van der Waals surface area contributed by atoms with Gasteiger partial charge in [0, 0.05) is 6.07 Å². The molecule has 2 aromatic rings. The molecule has 1 aliphatic rings. The minimum absolute atomic E-state index is 0.207. The van der Waals surface area contributed by atoms with Crippen molar-refractivity contribution in [3.8, 4) is 17.2 Å². The number of rotatable bonds is 5. The van der Waals surface area contributed by atoms with Crippen molar-refractivity contribution in [3.63, 3.8) is 0 Å². The Morgan fingerprint density at radius 3 is 2.60 bits per heavy atom. The maximum absolute atomic E-state index is 12.4. The maximum Gasteiger partial charge on any atom is 0.261 e. The van der Waals surface area contributed by atoms with Gasteiger partial charge in [-0.25, -0.2) is 0 Å². The molecule has 2 atom stereocenters. The van der Waals surface area contributed by atoms with Crippen LogP contribution in [0.15, 0.2) is 36.4 Å². The Bertz CT molecular complexity index is 797. The summed E-state index contributed by atoms with van der Waals surface area (Å²) in [6.07, 6.45) is -0.686. The molecule has 7 heteroatoms. The van der Waals surface area contributed by atoms with Gasteiger partial charge in [0.25, 0.3) is 5.91 Å². The highest BCUT2D eigenvalue weighted by Gasteiger charge is 2.20.